The van der Waals surface area contributed by atoms with Crippen LogP contribution in [0.2, 0.25) is 0 Å². The molecule has 1 unspecified atom stereocenters. The molecule has 5 nitrogen and oxygen atoms in total. The third-order valence-electron chi connectivity index (χ3n) is 4.57. The molecule has 1 atom stereocenters. The van der Waals surface area contributed by atoms with E-state index in [0.29, 0.717) is 17.9 Å². The molecule has 0 heterocycles. The van der Waals surface area contributed by atoms with Crippen molar-refractivity contribution in [2.45, 2.75) is 56.4 Å². The number of Topliss-reactive ketones (excluding diaryl/α,β-unsaturated/α-hetero) is 1. The summed E-state index contributed by atoms with van der Waals surface area (Å²) in [7, 11) is -3.67. The van der Waals surface area contributed by atoms with E-state index in [1.807, 2.05) is 0 Å². The van der Waals surface area contributed by atoms with Crippen molar-refractivity contribution in [3.8, 4) is 0 Å². The maximum absolute atomic E-state index is 12.6. The summed E-state index contributed by atoms with van der Waals surface area (Å²) in [6.07, 6.45) is 5.84. The Morgan fingerprint density at radius 2 is 1.96 bits per heavy atom. The topological polar surface area (TPSA) is 89.3 Å². The number of nitrogens with one attached hydrogen (secondary N) is 1. The Labute approximate surface area is 150 Å². The van der Waals surface area contributed by atoms with Crippen LogP contribution in [0, 0.1) is 5.92 Å². The Morgan fingerprint density at radius 1 is 1.29 bits per heavy atom. The number of ketones is 1. The zero-order chi connectivity index (χ0) is 16.9. The lowest BCUT2D eigenvalue weighted by Crippen LogP contribution is -2.45. The minimum Gasteiger partial charge on any atom is -0.329 e. The number of halogens is 1. The number of carbonyl (C=O) groups is 1. The van der Waals surface area contributed by atoms with Gasteiger partial charge in [-0.2, -0.15) is 0 Å². The second-order valence-electron chi connectivity index (χ2n) is 6.17. The summed E-state index contributed by atoms with van der Waals surface area (Å²) in [5, 5.41) is 0. The van der Waals surface area contributed by atoms with Crippen molar-refractivity contribution >= 4 is 28.2 Å². The largest absolute Gasteiger partial charge is 0.329 e. The van der Waals surface area contributed by atoms with Gasteiger partial charge in [-0.1, -0.05) is 38.3 Å². The molecule has 1 aromatic carbocycles. The summed E-state index contributed by atoms with van der Waals surface area (Å²) in [5.41, 5.74) is 6.24. The Kier molecular flexibility index (Phi) is 8.36. The zero-order valence-electron chi connectivity index (χ0n) is 14.0. The fourth-order valence-corrected chi connectivity index (χ4v) is 4.54. The third kappa shape index (κ3) is 5.28. The van der Waals surface area contributed by atoms with E-state index in [9.17, 15) is 13.2 Å². The van der Waals surface area contributed by atoms with Crippen molar-refractivity contribution in [1.29, 1.82) is 0 Å². The monoisotopic (exact) mass is 374 g/mol. The van der Waals surface area contributed by atoms with E-state index in [1.54, 1.807) is 19.1 Å². The fourth-order valence-electron chi connectivity index (χ4n) is 3.18. The van der Waals surface area contributed by atoms with Gasteiger partial charge in [0.05, 0.1) is 4.90 Å². The van der Waals surface area contributed by atoms with Crippen molar-refractivity contribution in [3.05, 3.63) is 29.8 Å². The number of rotatable bonds is 7. The number of hydrogen-bond acceptors (Lipinski definition) is 4. The lowest BCUT2D eigenvalue weighted by molar-refractivity contribution is 0.0988. The molecule has 3 N–H and O–H groups in total. The van der Waals surface area contributed by atoms with Gasteiger partial charge < -0.3 is 5.73 Å². The lowest BCUT2D eigenvalue weighted by Gasteiger charge is -2.29. The summed E-state index contributed by atoms with van der Waals surface area (Å²) < 4.78 is 28.0. The molecule has 1 aliphatic rings. The standard InChI is InChI=1S/C17H26N2O3S.ClH/c1-2-17(20)14-9-6-10-15(11-14)23(21,22)19-16(12-18)13-7-4-3-5-8-13;/h6,9-11,13,16,19H,2-5,7-8,12,18H2,1H3;1H. The highest BCUT2D eigenvalue weighted by Crippen LogP contribution is 2.27. The first kappa shape index (κ1) is 21.1. The van der Waals surface area contributed by atoms with E-state index >= 15 is 0 Å². The van der Waals surface area contributed by atoms with Gasteiger partial charge in [0.25, 0.3) is 0 Å². The number of benzene rings is 1. The second kappa shape index (κ2) is 9.51. The second-order valence-corrected chi connectivity index (χ2v) is 7.88. The molecule has 136 valence electrons. The summed E-state index contributed by atoms with van der Waals surface area (Å²) >= 11 is 0. The molecule has 7 heteroatoms. The summed E-state index contributed by atoms with van der Waals surface area (Å²) in [5.74, 6) is 0.230. The van der Waals surface area contributed by atoms with Gasteiger partial charge in [-0.15, -0.1) is 12.4 Å². The predicted octanol–water partition coefficient (Wildman–Crippen LogP) is 2.89. The molecule has 0 bridgehead atoms. The molecule has 1 saturated carbocycles. The van der Waals surface area contributed by atoms with Gasteiger partial charge in [-0.3, -0.25) is 4.79 Å². The molecule has 0 aromatic heterocycles. The maximum atomic E-state index is 12.6. The van der Waals surface area contributed by atoms with Crippen molar-refractivity contribution < 1.29 is 13.2 Å². The SMILES string of the molecule is CCC(=O)c1cccc(S(=O)(=O)NC(CN)C2CCCCC2)c1.Cl. The van der Waals surface area contributed by atoms with E-state index in [4.69, 9.17) is 5.73 Å². The first-order valence-electron chi connectivity index (χ1n) is 8.33. The maximum Gasteiger partial charge on any atom is 0.240 e. The van der Waals surface area contributed by atoms with Crippen LogP contribution in [0.15, 0.2) is 29.2 Å². The highest BCUT2D eigenvalue weighted by atomic mass is 35.5. The average Bonchev–Trinajstić information content (AvgIpc) is 2.60. The number of nitrogens with two attached hydrogens (primary N) is 1. The number of sulfonamides is 1. The van der Waals surface area contributed by atoms with Crippen molar-refractivity contribution in [1.82, 2.24) is 4.72 Å². The van der Waals surface area contributed by atoms with E-state index in [2.05, 4.69) is 4.72 Å². The Morgan fingerprint density at radius 3 is 2.54 bits per heavy atom. The van der Waals surface area contributed by atoms with Crippen LogP contribution in [0.4, 0.5) is 0 Å². The minimum absolute atomic E-state index is 0. The van der Waals surface area contributed by atoms with Crippen LogP contribution in [0.1, 0.15) is 55.8 Å². The molecule has 1 fully saturated rings. The molecule has 1 aromatic rings. The van der Waals surface area contributed by atoms with Gasteiger partial charge in [-0.25, -0.2) is 13.1 Å². The molecule has 0 aliphatic heterocycles. The smallest absolute Gasteiger partial charge is 0.240 e. The van der Waals surface area contributed by atoms with Crippen molar-refractivity contribution in [3.63, 3.8) is 0 Å². The van der Waals surface area contributed by atoms with E-state index < -0.39 is 10.0 Å². The third-order valence-corrected chi connectivity index (χ3v) is 6.05. The molecule has 0 saturated heterocycles. The van der Waals surface area contributed by atoms with Crippen LogP contribution in [-0.4, -0.2) is 26.8 Å². The van der Waals surface area contributed by atoms with E-state index in [0.717, 1.165) is 25.7 Å². The van der Waals surface area contributed by atoms with Gasteiger partial charge in [0, 0.05) is 24.6 Å². The van der Waals surface area contributed by atoms with Gasteiger partial charge in [0.15, 0.2) is 5.78 Å². The van der Waals surface area contributed by atoms with Gasteiger partial charge in [0.1, 0.15) is 0 Å². The first-order valence-corrected chi connectivity index (χ1v) is 9.82. The first-order chi connectivity index (χ1) is 11.0. The Bertz CT molecular complexity index is 643. The minimum atomic E-state index is -3.67. The van der Waals surface area contributed by atoms with E-state index in [1.165, 1.54) is 18.6 Å². The fraction of sp³-hybridized carbons (Fsp3) is 0.588. The zero-order valence-corrected chi connectivity index (χ0v) is 15.7. The molecule has 2 rings (SSSR count). The highest BCUT2D eigenvalue weighted by molar-refractivity contribution is 7.89. The van der Waals surface area contributed by atoms with Crippen LogP contribution < -0.4 is 10.5 Å². The molecular weight excluding hydrogens is 348 g/mol. The normalized spacial score (nSPS) is 17.1. The number of carbonyl (C=O) groups excluding carboxylic acids is 1. The average molecular weight is 375 g/mol. The molecule has 0 amide bonds. The number of hydrogen-bond donors (Lipinski definition) is 2. The highest BCUT2D eigenvalue weighted by Gasteiger charge is 2.27. The Balaban J connectivity index is 0.00000288. The molecule has 0 spiro atoms. The molecular formula is C17H27ClN2O3S. The van der Waals surface area contributed by atoms with Gasteiger partial charge in [0.2, 0.25) is 10.0 Å². The van der Waals surface area contributed by atoms with Gasteiger partial charge in [-0.05, 0) is 30.9 Å². The summed E-state index contributed by atoms with van der Waals surface area (Å²) in [4.78, 5) is 11.9. The summed E-state index contributed by atoms with van der Waals surface area (Å²) in [6.45, 7) is 2.05. The quantitative estimate of drug-likeness (QED) is 0.718. The van der Waals surface area contributed by atoms with Crippen LogP contribution >= 0.6 is 12.4 Å². The molecule has 24 heavy (non-hydrogen) atoms. The lowest BCUT2D eigenvalue weighted by atomic mass is 9.84. The molecule has 1 aliphatic carbocycles. The van der Waals surface area contributed by atoms with Crippen molar-refractivity contribution in [2.24, 2.45) is 11.7 Å². The van der Waals surface area contributed by atoms with Crippen LogP contribution in [-0.2, 0) is 10.0 Å². The van der Waals surface area contributed by atoms with Crippen molar-refractivity contribution in [2.75, 3.05) is 6.54 Å². The van der Waals surface area contributed by atoms with Gasteiger partial charge >= 0.3 is 0 Å². The van der Waals surface area contributed by atoms with Crippen LogP contribution in [0.25, 0.3) is 0 Å². The summed E-state index contributed by atoms with van der Waals surface area (Å²) in [6, 6.07) is 5.97. The van der Waals surface area contributed by atoms with E-state index in [-0.39, 0.29) is 35.7 Å². The predicted molar refractivity (Wildman–Crippen MR) is 98.1 cm³/mol. The Hall–Kier alpha value is -0.950. The molecule has 0 radical (unpaired) electrons. The van der Waals surface area contributed by atoms with Crippen LogP contribution in [0.3, 0.4) is 0 Å². The van der Waals surface area contributed by atoms with Crippen LogP contribution in [0.5, 0.6) is 0 Å².